The van der Waals surface area contributed by atoms with Gasteiger partial charge in [-0.15, -0.1) is 0 Å². The van der Waals surface area contributed by atoms with E-state index in [9.17, 15) is 29.7 Å². The van der Waals surface area contributed by atoms with Crippen LogP contribution >= 0.6 is 35.3 Å². The van der Waals surface area contributed by atoms with Gasteiger partial charge in [-0.25, -0.2) is 0 Å². The molecule has 0 amide bonds. The number of carbonyl (C=O) groups is 3. The summed E-state index contributed by atoms with van der Waals surface area (Å²) in [6.07, 6.45) is 74.9. The zero-order chi connectivity index (χ0) is 58.0. The molecule has 0 spiro atoms. The van der Waals surface area contributed by atoms with Crippen molar-refractivity contribution >= 4 is 75.7 Å². The van der Waals surface area contributed by atoms with Crippen molar-refractivity contribution in [2.45, 2.75) is 379 Å². The Bertz CT molecular complexity index is 962. The van der Waals surface area contributed by atoms with Crippen molar-refractivity contribution in [2.75, 3.05) is 34.5 Å². The molecule has 0 aromatic carbocycles. The van der Waals surface area contributed by atoms with Crippen LogP contribution in [0, 0.1) is 0 Å². The standard InChI is InChI=1S/3C20H40O2S.C8H17.Sn/c3*1-2-3-4-5-6-7-8-9-10-11-12-13-14-15-16-17-18-23-19-20(21)22;1-3-5-7-8-6-4-2;/h3*2-19H2,1H3,(H,21,22);1,3-8H2,2H3;/q;;;;+3/p-3. The zero-order valence-electron chi connectivity index (χ0n) is 52.8. The van der Waals surface area contributed by atoms with E-state index in [-0.39, 0.29) is 17.3 Å². The maximum atomic E-state index is 10.2. The SMILES string of the molecule is CCCCCCCCCCCCCCCCCCSCC(=O)[O-].CCCCCCCCCCCCCCCCCCSCC(=O)[O-].CCCCCCCCCCCCCCCCCCSCC(=O)[O-].CCCCCCC[CH2][Sn+3]. The van der Waals surface area contributed by atoms with Crippen molar-refractivity contribution in [3.05, 3.63) is 0 Å². The average molecular weight is 1260 g/mol. The molecule has 6 nitrogen and oxygen atoms in total. The van der Waals surface area contributed by atoms with Crippen LogP contribution in [0.5, 0.6) is 0 Å². The fraction of sp³-hybridized carbons (Fsp3) is 0.956. The van der Waals surface area contributed by atoms with E-state index in [1.165, 1.54) is 367 Å². The summed E-state index contributed by atoms with van der Waals surface area (Å²) in [6.45, 7) is 9.10. The van der Waals surface area contributed by atoms with Crippen molar-refractivity contribution in [3.63, 3.8) is 0 Å². The molecule has 0 aliphatic heterocycles. The minimum atomic E-state index is -0.938. The molecule has 0 saturated heterocycles. The third kappa shape index (κ3) is 98.4. The number of thioether (sulfide) groups is 3. The minimum absolute atomic E-state index is 0.152. The molecular weight excluding hydrogens is 1130 g/mol. The van der Waals surface area contributed by atoms with Crippen molar-refractivity contribution < 1.29 is 29.7 Å². The number of carboxylic acid groups (broad SMARTS) is 3. The fourth-order valence-electron chi connectivity index (χ4n) is 9.63. The second-order valence-corrected chi connectivity index (χ2v) is 27.4. The molecule has 0 fully saturated rings. The predicted molar refractivity (Wildman–Crippen MR) is 350 cm³/mol. The third-order valence-electron chi connectivity index (χ3n) is 14.6. The summed E-state index contributed by atoms with van der Waals surface area (Å²) >= 11 is 6.17. The Balaban J connectivity index is -0.000000487. The Morgan fingerprint density at radius 1 is 0.231 bits per heavy atom. The second kappa shape index (κ2) is 83.7. The van der Waals surface area contributed by atoms with Gasteiger partial charge in [0.15, 0.2) is 0 Å². The number of aliphatic carboxylic acids is 3. The van der Waals surface area contributed by atoms with E-state index >= 15 is 0 Å². The molecule has 0 aromatic rings. The molecule has 0 radical (unpaired) electrons. The summed E-state index contributed by atoms with van der Waals surface area (Å²) in [5.41, 5.74) is 0. The molecule has 0 bridgehead atoms. The van der Waals surface area contributed by atoms with E-state index in [0.29, 0.717) is 0 Å². The normalized spacial score (nSPS) is 10.9. The van der Waals surface area contributed by atoms with Gasteiger partial charge in [0.05, 0.1) is 17.9 Å². The van der Waals surface area contributed by atoms with Crippen LogP contribution in [0.1, 0.15) is 374 Å². The van der Waals surface area contributed by atoms with Crippen LogP contribution in [0.3, 0.4) is 0 Å². The number of unbranched alkanes of at least 4 members (excludes halogenated alkanes) is 50. The fourth-order valence-corrected chi connectivity index (χ4v) is 12.5. The molecule has 0 aliphatic carbocycles. The van der Waals surface area contributed by atoms with Gasteiger partial charge in [-0.05, 0) is 36.5 Å². The van der Waals surface area contributed by atoms with Crippen molar-refractivity contribution in [1.29, 1.82) is 0 Å². The first-order valence-electron chi connectivity index (χ1n) is 34.2. The molecule has 0 saturated carbocycles. The van der Waals surface area contributed by atoms with Gasteiger partial charge < -0.3 is 29.7 Å². The molecule has 464 valence electrons. The Morgan fingerprint density at radius 3 is 0.487 bits per heavy atom. The van der Waals surface area contributed by atoms with Gasteiger partial charge in [-0.3, -0.25) is 0 Å². The monoisotopic (exact) mass is 1260 g/mol. The molecule has 0 unspecified atom stereocenters. The van der Waals surface area contributed by atoms with Crippen molar-refractivity contribution in [3.8, 4) is 0 Å². The number of rotatable bonds is 63. The van der Waals surface area contributed by atoms with Gasteiger partial charge in [0.2, 0.25) is 0 Å². The van der Waals surface area contributed by atoms with Gasteiger partial charge in [0.25, 0.3) is 0 Å². The van der Waals surface area contributed by atoms with Crippen LogP contribution in [0.4, 0.5) is 0 Å². The van der Waals surface area contributed by atoms with E-state index in [4.69, 9.17) is 0 Å². The summed E-state index contributed by atoms with van der Waals surface area (Å²) < 4.78 is 1.46. The maximum absolute atomic E-state index is 10.2. The van der Waals surface area contributed by atoms with Crippen molar-refractivity contribution in [1.82, 2.24) is 0 Å². The summed E-state index contributed by atoms with van der Waals surface area (Å²) in [7, 11) is 0. The second-order valence-electron chi connectivity index (χ2n) is 22.7. The molecular formula is C68H134O6S3Sn. The topological polar surface area (TPSA) is 120 Å². The molecule has 0 heterocycles. The Morgan fingerprint density at radius 2 is 0.359 bits per heavy atom. The molecule has 0 atom stereocenters. The van der Waals surface area contributed by atoms with Gasteiger partial charge >= 0.3 is 72.4 Å². The predicted octanol–water partition coefficient (Wildman–Crippen LogP) is 20.1. The van der Waals surface area contributed by atoms with Crippen LogP contribution < -0.4 is 15.3 Å². The molecule has 0 aliphatic rings. The van der Waals surface area contributed by atoms with E-state index < -0.39 is 17.9 Å². The summed E-state index contributed by atoms with van der Waals surface area (Å²) in [4.78, 5) is 30.7. The Hall–Kier alpha value is 0.259. The van der Waals surface area contributed by atoms with Crippen LogP contribution in [-0.2, 0) is 14.4 Å². The Kier molecular flexibility index (Phi) is 90.9. The molecule has 78 heavy (non-hydrogen) atoms. The quantitative estimate of drug-likeness (QED) is 0.0433. The zero-order valence-corrected chi connectivity index (χ0v) is 58.1. The first kappa shape index (κ1) is 84.7. The number of hydrogen-bond acceptors (Lipinski definition) is 9. The molecule has 0 rings (SSSR count). The molecule has 0 aromatic heterocycles. The summed E-state index contributed by atoms with van der Waals surface area (Å²) in [5, 5.41) is 30.7. The van der Waals surface area contributed by atoms with E-state index in [1.807, 2.05) is 0 Å². The first-order chi connectivity index (χ1) is 38.2. The summed E-state index contributed by atoms with van der Waals surface area (Å²) in [5.74, 6) is 0.533. The molecule has 0 N–H and O–H groups in total. The van der Waals surface area contributed by atoms with Crippen LogP contribution in [0.25, 0.3) is 0 Å². The average Bonchev–Trinajstić information content (AvgIpc) is 3.42. The van der Waals surface area contributed by atoms with Gasteiger partial charge in [0.1, 0.15) is 0 Å². The van der Waals surface area contributed by atoms with E-state index in [2.05, 4.69) is 27.7 Å². The van der Waals surface area contributed by atoms with Gasteiger partial charge in [0, 0.05) is 17.3 Å². The van der Waals surface area contributed by atoms with Crippen LogP contribution in [-0.4, -0.2) is 74.9 Å². The first-order valence-corrected chi connectivity index (χ1v) is 39.7. The number of carbonyl (C=O) groups excluding carboxylic acids is 3. The molecule has 10 heteroatoms. The number of carboxylic acids is 3. The van der Waals surface area contributed by atoms with E-state index in [0.717, 1.165) is 36.5 Å². The Labute approximate surface area is 515 Å². The van der Waals surface area contributed by atoms with E-state index in [1.54, 1.807) is 22.5 Å². The van der Waals surface area contributed by atoms with Crippen LogP contribution in [0.2, 0.25) is 4.44 Å². The van der Waals surface area contributed by atoms with Crippen molar-refractivity contribution in [2.24, 2.45) is 0 Å². The summed E-state index contributed by atoms with van der Waals surface area (Å²) in [6, 6.07) is 0. The number of hydrogen-bond donors (Lipinski definition) is 0. The van der Waals surface area contributed by atoms with Gasteiger partial charge in [-0.2, -0.15) is 35.3 Å². The van der Waals surface area contributed by atoms with Gasteiger partial charge in [-0.1, -0.05) is 310 Å². The third-order valence-corrected chi connectivity index (χ3v) is 18.7. The van der Waals surface area contributed by atoms with Crippen LogP contribution in [0.15, 0.2) is 0 Å².